The molecular weight excluding hydrogens is 238 g/mol. The highest BCUT2D eigenvalue weighted by Crippen LogP contribution is 2.46. The fourth-order valence-corrected chi connectivity index (χ4v) is 3.55. The summed E-state index contributed by atoms with van der Waals surface area (Å²) in [5.74, 6) is 0.785. The number of benzene rings is 1. The topological polar surface area (TPSA) is 39.1 Å². The summed E-state index contributed by atoms with van der Waals surface area (Å²) < 4.78 is 1.71. The molecule has 0 fully saturated rings. The molecule has 0 aliphatic heterocycles. The molecule has 0 unspecified atom stereocenters. The molecule has 1 aliphatic rings. The molecule has 0 saturated heterocycles. The van der Waals surface area contributed by atoms with E-state index in [4.69, 9.17) is 0 Å². The zero-order chi connectivity index (χ0) is 13.7. The standard InChI is InChI=1S/C16H17NO2/c1-9-6-10(2)15-14(9)13(8-18)7-12-4-5-17(11(3)19)16(12)15/h4-5,7-10H,6H2,1-3H3/t9-,10+/m1/s1. The Morgan fingerprint density at radius 3 is 2.63 bits per heavy atom. The number of fused-ring (bicyclic) bond motifs is 3. The van der Waals surface area contributed by atoms with Crippen LogP contribution in [0.2, 0.25) is 0 Å². The van der Waals surface area contributed by atoms with Gasteiger partial charge in [-0.1, -0.05) is 13.8 Å². The Bertz CT molecular complexity index is 696. The van der Waals surface area contributed by atoms with E-state index < -0.39 is 0 Å². The van der Waals surface area contributed by atoms with Crippen molar-refractivity contribution >= 4 is 23.1 Å². The number of aldehydes is 1. The Hall–Kier alpha value is -1.90. The first-order valence-corrected chi connectivity index (χ1v) is 6.68. The van der Waals surface area contributed by atoms with E-state index in [0.717, 1.165) is 34.7 Å². The normalized spacial score (nSPS) is 21.6. The first-order chi connectivity index (χ1) is 9.04. The van der Waals surface area contributed by atoms with Crippen LogP contribution in [0.5, 0.6) is 0 Å². The lowest BCUT2D eigenvalue weighted by Crippen LogP contribution is -2.06. The van der Waals surface area contributed by atoms with Crippen LogP contribution in [-0.4, -0.2) is 16.8 Å². The molecule has 2 aromatic rings. The van der Waals surface area contributed by atoms with Crippen LogP contribution in [-0.2, 0) is 0 Å². The maximum Gasteiger partial charge on any atom is 0.227 e. The van der Waals surface area contributed by atoms with Crippen LogP contribution in [0.25, 0.3) is 10.9 Å². The van der Waals surface area contributed by atoms with Gasteiger partial charge in [0.1, 0.15) is 6.29 Å². The largest absolute Gasteiger partial charge is 0.298 e. The van der Waals surface area contributed by atoms with Crippen molar-refractivity contribution in [2.24, 2.45) is 0 Å². The van der Waals surface area contributed by atoms with Gasteiger partial charge in [0.25, 0.3) is 0 Å². The van der Waals surface area contributed by atoms with Gasteiger partial charge < -0.3 is 0 Å². The second-order valence-corrected chi connectivity index (χ2v) is 5.59. The summed E-state index contributed by atoms with van der Waals surface area (Å²) in [5, 5.41) is 0.983. The molecule has 2 atom stereocenters. The molecule has 3 rings (SSSR count). The summed E-state index contributed by atoms with van der Waals surface area (Å²) >= 11 is 0. The predicted octanol–water partition coefficient (Wildman–Crippen LogP) is 3.72. The molecule has 0 N–H and O–H groups in total. The van der Waals surface area contributed by atoms with E-state index in [1.807, 2.05) is 12.1 Å². The van der Waals surface area contributed by atoms with Crippen molar-refractivity contribution in [2.45, 2.75) is 39.0 Å². The fraction of sp³-hybridized carbons (Fsp3) is 0.375. The second kappa shape index (κ2) is 4.05. The van der Waals surface area contributed by atoms with Gasteiger partial charge in [-0.15, -0.1) is 0 Å². The number of aromatic nitrogens is 1. The van der Waals surface area contributed by atoms with Crippen LogP contribution in [0, 0.1) is 0 Å². The summed E-state index contributed by atoms with van der Waals surface area (Å²) in [6.07, 6.45) is 3.79. The van der Waals surface area contributed by atoms with Crippen LogP contribution >= 0.6 is 0 Å². The second-order valence-electron chi connectivity index (χ2n) is 5.59. The molecule has 1 heterocycles. The average Bonchev–Trinajstić information content (AvgIpc) is 2.90. The van der Waals surface area contributed by atoms with E-state index in [2.05, 4.69) is 13.8 Å². The number of hydrogen-bond donors (Lipinski definition) is 0. The molecule has 0 radical (unpaired) electrons. The van der Waals surface area contributed by atoms with Crippen LogP contribution in [0.15, 0.2) is 18.3 Å². The quantitative estimate of drug-likeness (QED) is 0.728. The molecule has 3 nitrogen and oxygen atoms in total. The van der Waals surface area contributed by atoms with Gasteiger partial charge in [-0.3, -0.25) is 14.2 Å². The third-order valence-corrected chi connectivity index (χ3v) is 4.24. The van der Waals surface area contributed by atoms with E-state index in [0.29, 0.717) is 11.8 Å². The third-order valence-electron chi connectivity index (χ3n) is 4.24. The molecule has 0 bridgehead atoms. The lowest BCUT2D eigenvalue weighted by atomic mass is 9.95. The maximum atomic E-state index is 11.8. The molecular formula is C16H17NO2. The van der Waals surface area contributed by atoms with E-state index in [1.54, 1.807) is 17.7 Å². The monoisotopic (exact) mass is 255 g/mol. The zero-order valence-electron chi connectivity index (χ0n) is 11.4. The highest BCUT2D eigenvalue weighted by Gasteiger charge is 2.31. The van der Waals surface area contributed by atoms with Crippen molar-refractivity contribution in [3.63, 3.8) is 0 Å². The minimum absolute atomic E-state index is 0.0165. The van der Waals surface area contributed by atoms with Crippen LogP contribution in [0.4, 0.5) is 0 Å². The van der Waals surface area contributed by atoms with Crippen molar-refractivity contribution in [1.82, 2.24) is 4.57 Å². The first kappa shape index (κ1) is 12.2. The van der Waals surface area contributed by atoms with Gasteiger partial charge in [0.05, 0.1) is 5.52 Å². The fourth-order valence-electron chi connectivity index (χ4n) is 3.55. The highest BCUT2D eigenvalue weighted by atomic mass is 16.1. The van der Waals surface area contributed by atoms with Crippen molar-refractivity contribution < 1.29 is 9.59 Å². The summed E-state index contributed by atoms with van der Waals surface area (Å²) in [6, 6.07) is 3.83. The van der Waals surface area contributed by atoms with E-state index >= 15 is 0 Å². The van der Waals surface area contributed by atoms with Crippen molar-refractivity contribution in [1.29, 1.82) is 0 Å². The Morgan fingerprint density at radius 2 is 2.00 bits per heavy atom. The Kier molecular flexibility index (Phi) is 2.59. The van der Waals surface area contributed by atoms with Gasteiger partial charge in [-0.2, -0.15) is 0 Å². The van der Waals surface area contributed by atoms with Crippen LogP contribution in [0.3, 0.4) is 0 Å². The van der Waals surface area contributed by atoms with Crippen LogP contribution < -0.4 is 0 Å². The number of carbonyl (C=O) groups excluding carboxylic acids is 2. The third kappa shape index (κ3) is 1.57. The molecule has 1 aromatic heterocycles. The number of rotatable bonds is 1. The number of hydrogen-bond acceptors (Lipinski definition) is 2. The Balaban J connectivity index is 2.47. The Morgan fingerprint density at radius 1 is 1.32 bits per heavy atom. The lowest BCUT2D eigenvalue weighted by molar-refractivity contribution is 0.0941. The predicted molar refractivity (Wildman–Crippen MR) is 75.1 cm³/mol. The van der Waals surface area contributed by atoms with Crippen molar-refractivity contribution in [3.05, 3.63) is 35.0 Å². The van der Waals surface area contributed by atoms with Gasteiger partial charge in [-0.25, -0.2) is 0 Å². The van der Waals surface area contributed by atoms with Gasteiger partial charge in [0.2, 0.25) is 5.91 Å². The SMILES string of the molecule is CC(=O)n1ccc2cc(C=O)c3c(c21)[C@@H](C)C[C@H]3C. The molecule has 19 heavy (non-hydrogen) atoms. The van der Waals surface area contributed by atoms with Gasteiger partial charge in [-0.05, 0) is 41.5 Å². The van der Waals surface area contributed by atoms with E-state index in [-0.39, 0.29) is 5.91 Å². The summed E-state index contributed by atoms with van der Waals surface area (Å²) in [7, 11) is 0. The maximum absolute atomic E-state index is 11.8. The average molecular weight is 255 g/mol. The summed E-state index contributed by atoms with van der Waals surface area (Å²) in [4.78, 5) is 23.1. The number of nitrogens with zero attached hydrogens (tertiary/aromatic N) is 1. The molecule has 0 amide bonds. The smallest absolute Gasteiger partial charge is 0.227 e. The van der Waals surface area contributed by atoms with Gasteiger partial charge >= 0.3 is 0 Å². The molecule has 1 aliphatic carbocycles. The molecule has 0 spiro atoms. The minimum atomic E-state index is 0.0165. The Labute approximate surface area is 112 Å². The first-order valence-electron chi connectivity index (χ1n) is 6.68. The summed E-state index contributed by atoms with van der Waals surface area (Å²) in [6.45, 7) is 5.90. The minimum Gasteiger partial charge on any atom is -0.298 e. The highest BCUT2D eigenvalue weighted by molar-refractivity contribution is 5.98. The van der Waals surface area contributed by atoms with Crippen LogP contribution in [0.1, 0.15) is 65.3 Å². The lowest BCUT2D eigenvalue weighted by Gasteiger charge is -2.12. The zero-order valence-corrected chi connectivity index (χ0v) is 11.4. The molecule has 1 aromatic carbocycles. The molecule has 0 saturated carbocycles. The molecule has 3 heteroatoms. The van der Waals surface area contributed by atoms with Gasteiger partial charge in [0.15, 0.2) is 0 Å². The van der Waals surface area contributed by atoms with E-state index in [1.165, 1.54) is 5.56 Å². The van der Waals surface area contributed by atoms with Crippen molar-refractivity contribution in [2.75, 3.05) is 0 Å². The van der Waals surface area contributed by atoms with Crippen molar-refractivity contribution in [3.8, 4) is 0 Å². The molecule has 98 valence electrons. The van der Waals surface area contributed by atoms with Gasteiger partial charge in [0, 0.05) is 24.1 Å². The number of carbonyl (C=O) groups is 2. The summed E-state index contributed by atoms with van der Waals surface area (Å²) in [5.41, 5.74) is 4.09. The van der Waals surface area contributed by atoms with E-state index in [9.17, 15) is 9.59 Å².